The summed E-state index contributed by atoms with van der Waals surface area (Å²) in [6.45, 7) is 0.510. The van der Waals surface area contributed by atoms with Crippen LogP contribution < -0.4 is 5.32 Å². The Labute approximate surface area is 149 Å². The number of rotatable bonds is 7. The average molecular weight is 356 g/mol. The summed E-state index contributed by atoms with van der Waals surface area (Å²) in [5.74, 6) is -0.0731. The molecule has 25 heavy (non-hydrogen) atoms. The minimum atomic E-state index is -0.258. The highest BCUT2D eigenvalue weighted by atomic mass is 32.2. The molecule has 0 radical (unpaired) electrons. The molecule has 0 saturated heterocycles. The molecule has 1 aromatic heterocycles. The van der Waals surface area contributed by atoms with Crippen LogP contribution in [0.15, 0.2) is 66.1 Å². The maximum Gasteiger partial charge on any atom is 0.230 e. The molecule has 1 N–H and O–H groups in total. The van der Waals surface area contributed by atoms with Crippen LogP contribution in [0.3, 0.4) is 0 Å². The first-order valence-electron chi connectivity index (χ1n) is 7.82. The Morgan fingerprint density at radius 2 is 1.88 bits per heavy atom. The highest BCUT2D eigenvalue weighted by Crippen LogP contribution is 2.18. The van der Waals surface area contributed by atoms with Crippen LogP contribution in [0.2, 0.25) is 0 Å². The number of thioether (sulfide) groups is 1. The van der Waals surface area contributed by atoms with Gasteiger partial charge in [0.1, 0.15) is 12.1 Å². The van der Waals surface area contributed by atoms with Crippen molar-refractivity contribution in [3.63, 3.8) is 0 Å². The Morgan fingerprint density at radius 3 is 2.64 bits per heavy atom. The second-order valence-electron chi connectivity index (χ2n) is 5.33. The SMILES string of the molecule is O=C(CSc1nncn1-c1ccccc1)NCCc1ccc(F)cc1. The molecule has 0 aliphatic carbocycles. The fourth-order valence-corrected chi connectivity index (χ4v) is 3.03. The summed E-state index contributed by atoms with van der Waals surface area (Å²) >= 11 is 1.33. The van der Waals surface area contributed by atoms with E-state index in [-0.39, 0.29) is 17.5 Å². The molecule has 1 heterocycles. The maximum absolute atomic E-state index is 12.8. The monoisotopic (exact) mass is 356 g/mol. The van der Waals surface area contributed by atoms with Crippen LogP contribution in [0.1, 0.15) is 5.56 Å². The molecule has 1 amide bonds. The van der Waals surface area contributed by atoms with Crippen LogP contribution >= 0.6 is 11.8 Å². The quantitative estimate of drug-likeness (QED) is 0.662. The molecule has 0 aliphatic rings. The number of amides is 1. The van der Waals surface area contributed by atoms with Gasteiger partial charge in [0.05, 0.1) is 5.75 Å². The second kappa shape index (κ2) is 8.43. The molecule has 0 bridgehead atoms. The zero-order valence-electron chi connectivity index (χ0n) is 13.4. The van der Waals surface area contributed by atoms with Crippen LogP contribution in [0, 0.1) is 5.82 Å². The van der Waals surface area contributed by atoms with Crippen LogP contribution in [0.25, 0.3) is 5.69 Å². The molecular weight excluding hydrogens is 339 g/mol. The van der Waals surface area contributed by atoms with E-state index < -0.39 is 0 Å². The summed E-state index contributed by atoms with van der Waals surface area (Å²) in [6, 6.07) is 16.0. The third-order valence-electron chi connectivity index (χ3n) is 3.53. The topological polar surface area (TPSA) is 59.8 Å². The van der Waals surface area contributed by atoms with Crippen LogP contribution in [-0.4, -0.2) is 33.0 Å². The number of hydrogen-bond donors (Lipinski definition) is 1. The van der Waals surface area contributed by atoms with Crippen molar-refractivity contribution in [1.29, 1.82) is 0 Å². The highest BCUT2D eigenvalue weighted by molar-refractivity contribution is 7.99. The molecule has 0 aliphatic heterocycles. The van der Waals surface area contributed by atoms with Gasteiger partial charge in [-0.05, 0) is 36.2 Å². The van der Waals surface area contributed by atoms with E-state index in [1.54, 1.807) is 18.5 Å². The van der Waals surface area contributed by atoms with Crippen LogP contribution in [0.4, 0.5) is 4.39 Å². The lowest BCUT2D eigenvalue weighted by Crippen LogP contribution is -2.27. The summed E-state index contributed by atoms with van der Waals surface area (Å²) in [6.07, 6.45) is 2.29. The molecule has 7 heteroatoms. The number of carbonyl (C=O) groups excluding carboxylic acids is 1. The maximum atomic E-state index is 12.8. The van der Waals surface area contributed by atoms with Crippen molar-refractivity contribution in [3.8, 4) is 5.69 Å². The Kier molecular flexibility index (Phi) is 5.79. The molecule has 5 nitrogen and oxygen atoms in total. The van der Waals surface area contributed by atoms with E-state index in [1.807, 2.05) is 34.9 Å². The van der Waals surface area contributed by atoms with Gasteiger partial charge in [-0.3, -0.25) is 9.36 Å². The molecule has 2 aromatic carbocycles. The van der Waals surface area contributed by atoms with Crippen molar-refractivity contribution in [2.24, 2.45) is 0 Å². The molecule has 3 aromatic rings. The first-order chi connectivity index (χ1) is 12.2. The third kappa shape index (κ3) is 4.90. The van der Waals surface area contributed by atoms with E-state index in [1.165, 1.54) is 23.9 Å². The summed E-state index contributed by atoms with van der Waals surface area (Å²) in [5, 5.41) is 11.5. The molecule has 0 spiro atoms. The Hall–Kier alpha value is -2.67. The lowest BCUT2D eigenvalue weighted by Gasteiger charge is -2.07. The largest absolute Gasteiger partial charge is 0.355 e. The van der Waals surface area contributed by atoms with Gasteiger partial charge in [-0.25, -0.2) is 4.39 Å². The van der Waals surface area contributed by atoms with Gasteiger partial charge in [0.25, 0.3) is 0 Å². The lowest BCUT2D eigenvalue weighted by atomic mass is 10.1. The zero-order valence-corrected chi connectivity index (χ0v) is 14.2. The number of nitrogens with zero attached hydrogens (tertiary/aromatic N) is 3. The molecular formula is C18H17FN4OS. The Balaban J connectivity index is 1.47. The predicted molar refractivity (Wildman–Crippen MR) is 95.2 cm³/mol. The molecule has 0 fully saturated rings. The van der Waals surface area contributed by atoms with E-state index in [0.717, 1.165) is 11.3 Å². The van der Waals surface area contributed by atoms with E-state index >= 15 is 0 Å². The van der Waals surface area contributed by atoms with Gasteiger partial charge in [-0.15, -0.1) is 10.2 Å². The fourth-order valence-electron chi connectivity index (χ4n) is 2.27. The van der Waals surface area contributed by atoms with Crippen molar-refractivity contribution in [2.75, 3.05) is 12.3 Å². The van der Waals surface area contributed by atoms with E-state index in [0.29, 0.717) is 18.1 Å². The normalized spacial score (nSPS) is 10.6. The molecule has 0 atom stereocenters. The number of aromatic nitrogens is 3. The molecule has 3 rings (SSSR count). The Morgan fingerprint density at radius 1 is 1.12 bits per heavy atom. The van der Waals surface area contributed by atoms with Crippen molar-refractivity contribution >= 4 is 17.7 Å². The van der Waals surface area contributed by atoms with Gasteiger partial charge < -0.3 is 5.32 Å². The van der Waals surface area contributed by atoms with Crippen molar-refractivity contribution in [3.05, 3.63) is 72.3 Å². The lowest BCUT2D eigenvalue weighted by molar-refractivity contribution is -0.118. The number of hydrogen-bond acceptors (Lipinski definition) is 4. The summed E-state index contributed by atoms with van der Waals surface area (Å²) in [5.41, 5.74) is 1.94. The van der Waals surface area contributed by atoms with Gasteiger partial charge in [-0.1, -0.05) is 42.1 Å². The van der Waals surface area contributed by atoms with Gasteiger partial charge in [-0.2, -0.15) is 0 Å². The van der Waals surface area contributed by atoms with Gasteiger partial charge in [0.15, 0.2) is 5.16 Å². The zero-order chi connectivity index (χ0) is 17.5. The highest BCUT2D eigenvalue weighted by Gasteiger charge is 2.09. The second-order valence-corrected chi connectivity index (χ2v) is 6.28. The average Bonchev–Trinajstić information content (AvgIpc) is 3.11. The van der Waals surface area contributed by atoms with Crippen LogP contribution in [-0.2, 0) is 11.2 Å². The first kappa shape index (κ1) is 17.2. The molecule has 0 saturated carbocycles. The minimum absolute atomic E-state index is 0.0743. The van der Waals surface area contributed by atoms with Crippen molar-refractivity contribution in [2.45, 2.75) is 11.6 Å². The van der Waals surface area contributed by atoms with Crippen molar-refractivity contribution in [1.82, 2.24) is 20.1 Å². The summed E-state index contributed by atoms with van der Waals surface area (Å²) < 4.78 is 14.7. The van der Waals surface area contributed by atoms with Crippen LogP contribution in [0.5, 0.6) is 0 Å². The van der Waals surface area contributed by atoms with Gasteiger partial charge >= 0.3 is 0 Å². The number of nitrogens with one attached hydrogen (secondary N) is 1. The molecule has 0 unspecified atom stereocenters. The van der Waals surface area contributed by atoms with E-state index in [9.17, 15) is 9.18 Å². The van der Waals surface area contributed by atoms with Crippen molar-refractivity contribution < 1.29 is 9.18 Å². The number of carbonyl (C=O) groups is 1. The summed E-state index contributed by atoms with van der Waals surface area (Å²) in [7, 11) is 0. The number of halogens is 1. The van der Waals surface area contributed by atoms with Gasteiger partial charge in [0, 0.05) is 12.2 Å². The number of para-hydroxylation sites is 1. The fraction of sp³-hybridized carbons (Fsp3) is 0.167. The van der Waals surface area contributed by atoms with E-state index in [2.05, 4.69) is 15.5 Å². The minimum Gasteiger partial charge on any atom is -0.355 e. The smallest absolute Gasteiger partial charge is 0.230 e. The number of benzene rings is 2. The first-order valence-corrected chi connectivity index (χ1v) is 8.80. The third-order valence-corrected chi connectivity index (χ3v) is 4.48. The Bertz CT molecular complexity index is 821. The van der Waals surface area contributed by atoms with E-state index in [4.69, 9.17) is 0 Å². The van der Waals surface area contributed by atoms with Gasteiger partial charge in [0.2, 0.25) is 5.91 Å². The molecule has 128 valence electrons. The summed E-state index contributed by atoms with van der Waals surface area (Å²) in [4.78, 5) is 12.0. The standard InChI is InChI=1S/C18H17FN4OS/c19-15-8-6-14(7-9-15)10-11-20-17(24)12-25-18-22-21-13-23(18)16-4-2-1-3-5-16/h1-9,13H,10-12H2,(H,20,24). The predicted octanol–water partition coefficient (Wildman–Crippen LogP) is 2.86.